The molecule has 0 saturated heterocycles. The lowest BCUT2D eigenvalue weighted by atomic mass is 11.9. The molecule has 0 unspecified atom stereocenters. The Balaban J connectivity index is 4.93. The molecule has 0 heterocycles. The summed E-state index contributed by atoms with van der Waals surface area (Å²) < 4.78 is 38.5. The highest BCUT2D eigenvalue weighted by Crippen LogP contribution is 1.87. The Morgan fingerprint density at radius 3 is 1.75 bits per heavy atom. The normalized spacial score (nSPS) is 10.6. The van der Waals surface area contributed by atoms with Crippen molar-refractivity contribution in [3.05, 3.63) is 0 Å². The zero-order chi connectivity index (χ0) is 6.78. The van der Waals surface area contributed by atoms with Gasteiger partial charge in [-0.05, 0) is 0 Å². The summed E-state index contributed by atoms with van der Waals surface area (Å²) in [5.74, 6) is 0. The third-order valence-electron chi connectivity index (χ3n) is 0.194. The zero-order valence-corrected chi connectivity index (χ0v) is 5.79. The van der Waals surface area contributed by atoms with Gasteiger partial charge in [0, 0.05) is 10.7 Å². The lowest BCUT2D eigenvalue weighted by molar-refractivity contribution is 0.620. The van der Waals surface area contributed by atoms with Gasteiger partial charge in [0.1, 0.15) is 0 Å². The minimum atomic E-state index is -3.99. The standard InChI is InChI=1S/CHClO4S2/c2-8(5,6)1-7(3)4/h1H. The first-order chi connectivity index (χ1) is 3.42. The number of rotatable bonds is 1. The summed E-state index contributed by atoms with van der Waals surface area (Å²) in [4.78, 5) is 0. The fourth-order valence-electron chi connectivity index (χ4n) is 0.0938. The van der Waals surface area contributed by atoms with E-state index in [1.165, 1.54) is 0 Å². The van der Waals surface area contributed by atoms with Crippen molar-refractivity contribution < 1.29 is 16.8 Å². The molecule has 7 heteroatoms. The van der Waals surface area contributed by atoms with Gasteiger partial charge in [0.05, 0.1) is 0 Å². The van der Waals surface area contributed by atoms with Gasteiger partial charge in [-0.2, -0.15) is 8.42 Å². The second kappa shape index (κ2) is 2.47. The maximum atomic E-state index is 9.76. The van der Waals surface area contributed by atoms with E-state index in [0.717, 1.165) is 0 Å². The van der Waals surface area contributed by atoms with E-state index >= 15 is 0 Å². The summed E-state index contributed by atoms with van der Waals surface area (Å²) in [6, 6.07) is 0. The second-order valence-electron chi connectivity index (χ2n) is 0.832. The van der Waals surface area contributed by atoms with Crippen LogP contribution in [0.15, 0.2) is 0 Å². The number of hydrogen-bond acceptors (Lipinski definition) is 4. The average molecular weight is 177 g/mol. The van der Waals surface area contributed by atoms with E-state index in [2.05, 4.69) is 10.7 Å². The quantitative estimate of drug-likeness (QED) is 0.387. The third kappa shape index (κ3) is 5.93. The summed E-state index contributed by atoms with van der Waals surface area (Å²) in [6.45, 7) is 0. The average Bonchev–Trinajstić information content (AvgIpc) is 1.21. The van der Waals surface area contributed by atoms with Crippen LogP contribution >= 0.6 is 10.7 Å². The Morgan fingerprint density at radius 1 is 1.38 bits per heavy atom. The van der Waals surface area contributed by atoms with Gasteiger partial charge in [-0.1, -0.05) is 0 Å². The van der Waals surface area contributed by atoms with Crippen molar-refractivity contribution in [2.75, 3.05) is 0 Å². The molecule has 0 bridgehead atoms. The van der Waals surface area contributed by atoms with Crippen LogP contribution in [0.3, 0.4) is 0 Å². The molecule has 0 radical (unpaired) electrons. The van der Waals surface area contributed by atoms with Crippen LogP contribution in [0.5, 0.6) is 0 Å². The summed E-state index contributed by atoms with van der Waals surface area (Å²) in [6.07, 6.45) is 0. The molecular weight excluding hydrogens is 176 g/mol. The minimum absolute atomic E-state index is 0.00849. The smallest absolute Gasteiger partial charge is 0.206 e. The topological polar surface area (TPSA) is 68.3 Å². The molecule has 0 aromatic rings. The van der Waals surface area contributed by atoms with E-state index in [1.54, 1.807) is 0 Å². The predicted molar refractivity (Wildman–Crippen MR) is 29.8 cm³/mol. The SMILES string of the molecule is O=S(=O)=CS(=O)(=O)Cl. The van der Waals surface area contributed by atoms with Gasteiger partial charge >= 0.3 is 0 Å². The van der Waals surface area contributed by atoms with Crippen LogP contribution in [0.1, 0.15) is 0 Å². The molecule has 0 fully saturated rings. The highest BCUT2D eigenvalue weighted by Gasteiger charge is 1.96. The van der Waals surface area contributed by atoms with Gasteiger partial charge in [0.25, 0.3) is 9.05 Å². The van der Waals surface area contributed by atoms with Crippen LogP contribution in [0.4, 0.5) is 0 Å². The van der Waals surface area contributed by atoms with Crippen molar-refractivity contribution in [3.8, 4) is 0 Å². The molecule has 0 N–H and O–H groups in total. The molecule has 0 rings (SSSR count). The molecule has 4 nitrogen and oxygen atoms in total. The fourth-order valence-corrected chi connectivity index (χ4v) is 1.38. The highest BCUT2D eigenvalue weighted by molar-refractivity contribution is 8.29. The Hall–Kier alpha value is -0.0700. The summed E-state index contributed by atoms with van der Waals surface area (Å²) in [5, 5.41) is 0. The molecule has 0 aliphatic heterocycles. The van der Waals surface area contributed by atoms with Gasteiger partial charge < -0.3 is 0 Å². The number of halogens is 1. The Kier molecular flexibility index (Phi) is 2.45. The van der Waals surface area contributed by atoms with Gasteiger partial charge in [-0.3, -0.25) is 0 Å². The van der Waals surface area contributed by atoms with Crippen LogP contribution in [-0.4, -0.2) is 21.5 Å². The van der Waals surface area contributed by atoms with Crippen LogP contribution in [0, 0.1) is 0 Å². The summed E-state index contributed by atoms with van der Waals surface area (Å²) in [7, 11) is -2.27. The Bertz CT molecular complexity index is 272. The Morgan fingerprint density at radius 2 is 1.75 bits per heavy atom. The summed E-state index contributed by atoms with van der Waals surface area (Å²) >= 11 is 0. The van der Waals surface area contributed by atoms with E-state index < -0.39 is 19.3 Å². The molecule has 0 amide bonds. The van der Waals surface area contributed by atoms with Gasteiger partial charge in [0.2, 0.25) is 10.3 Å². The second-order valence-corrected chi connectivity index (χ2v) is 4.36. The predicted octanol–water partition coefficient (Wildman–Crippen LogP) is -0.806. The molecule has 0 spiro atoms. The van der Waals surface area contributed by atoms with Crippen molar-refractivity contribution in [1.82, 2.24) is 0 Å². The molecule has 0 saturated carbocycles. The zero-order valence-electron chi connectivity index (χ0n) is 3.40. The first-order valence-electron chi connectivity index (χ1n) is 1.29. The van der Waals surface area contributed by atoms with Crippen molar-refractivity contribution in [2.45, 2.75) is 0 Å². The fraction of sp³-hybridized carbons (Fsp3) is 0. The van der Waals surface area contributed by atoms with Crippen molar-refractivity contribution in [2.24, 2.45) is 0 Å². The molecule has 0 aromatic heterocycles. The van der Waals surface area contributed by atoms with E-state index in [4.69, 9.17) is 0 Å². The molecule has 8 heavy (non-hydrogen) atoms. The molecule has 0 aliphatic rings. The molecule has 0 atom stereocenters. The van der Waals surface area contributed by atoms with Gasteiger partial charge in [-0.15, -0.1) is 0 Å². The van der Waals surface area contributed by atoms with E-state index in [1.807, 2.05) is 0 Å². The van der Waals surface area contributed by atoms with Crippen molar-refractivity contribution in [3.63, 3.8) is 0 Å². The lowest BCUT2D eigenvalue weighted by Gasteiger charge is -1.68. The van der Waals surface area contributed by atoms with Crippen molar-refractivity contribution >= 4 is 34.7 Å². The van der Waals surface area contributed by atoms with Crippen LogP contribution in [-0.2, 0) is 19.3 Å². The Labute approximate surface area is 52.0 Å². The van der Waals surface area contributed by atoms with Crippen molar-refractivity contribution in [1.29, 1.82) is 0 Å². The third-order valence-corrected chi connectivity index (χ3v) is 2.40. The monoisotopic (exact) mass is 176 g/mol. The van der Waals surface area contributed by atoms with Crippen LogP contribution < -0.4 is 0 Å². The molecule has 48 valence electrons. The summed E-state index contributed by atoms with van der Waals surface area (Å²) in [5.41, 5.74) is 0. The minimum Gasteiger partial charge on any atom is -0.206 e. The number of hydrogen-bond donors (Lipinski definition) is 0. The van der Waals surface area contributed by atoms with Gasteiger partial charge in [0.15, 0.2) is 4.70 Å². The molecule has 0 aromatic carbocycles. The lowest BCUT2D eigenvalue weighted by Crippen LogP contribution is -1.88. The van der Waals surface area contributed by atoms with Crippen LogP contribution in [0.25, 0.3) is 0 Å². The van der Waals surface area contributed by atoms with E-state index in [-0.39, 0.29) is 4.70 Å². The molecule has 0 aliphatic carbocycles. The maximum absolute atomic E-state index is 9.76. The first kappa shape index (κ1) is 7.93. The highest BCUT2D eigenvalue weighted by atomic mass is 35.7. The van der Waals surface area contributed by atoms with Crippen LogP contribution in [0.2, 0.25) is 0 Å². The van der Waals surface area contributed by atoms with Gasteiger partial charge in [-0.25, -0.2) is 8.42 Å². The molecular formula is CHClO4S2. The van der Waals surface area contributed by atoms with E-state index in [9.17, 15) is 16.8 Å². The van der Waals surface area contributed by atoms with E-state index in [0.29, 0.717) is 0 Å². The first-order valence-corrected chi connectivity index (χ1v) is 4.80. The largest absolute Gasteiger partial charge is 0.269 e. The maximum Gasteiger partial charge on any atom is 0.269 e.